The Balaban J connectivity index is 1.29. The number of piperazine rings is 1. The molecule has 2 aromatic rings. The number of hydrogen-bond acceptors (Lipinski definition) is 4. The average Bonchev–Trinajstić information content (AvgIpc) is 3.21. The molecule has 0 aromatic heterocycles. The molecular formula is C21H20ClFN2O4. The summed E-state index contributed by atoms with van der Waals surface area (Å²) < 4.78 is 24.6. The highest BCUT2D eigenvalue weighted by Crippen LogP contribution is 2.32. The molecule has 0 bridgehead atoms. The Labute approximate surface area is 172 Å². The van der Waals surface area contributed by atoms with Gasteiger partial charge in [0.05, 0.1) is 5.56 Å². The van der Waals surface area contributed by atoms with Crippen molar-refractivity contribution < 1.29 is 23.5 Å². The Bertz CT molecular complexity index is 944. The second-order valence-electron chi connectivity index (χ2n) is 6.98. The fourth-order valence-electron chi connectivity index (χ4n) is 3.50. The lowest BCUT2D eigenvalue weighted by Gasteiger charge is -2.35. The minimum Gasteiger partial charge on any atom is -0.454 e. The summed E-state index contributed by atoms with van der Waals surface area (Å²) in [4.78, 5) is 28.4. The number of nitrogens with zero attached hydrogens (tertiary/aromatic N) is 2. The van der Waals surface area contributed by atoms with Crippen molar-refractivity contribution in [2.75, 3.05) is 33.0 Å². The molecule has 0 unspecified atom stereocenters. The number of fused-ring (bicyclic) bond motifs is 1. The third-order valence-electron chi connectivity index (χ3n) is 5.14. The lowest BCUT2D eigenvalue weighted by Crippen LogP contribution is -2.50. The summed E-state index contributed by atoms with van der Waals surface area (Å²) in [5.41, 5.74) is 0.966. The molecule has 1 fully saturated rings. The van der Waals surface area contributed by atoms with Crippen LogP contribution in [-0.2, 0) is 11.2 Å². The second kappa shape index (κ2) is 8.29. The number of halogens is 2. The van der Waals surface area contributed by atoms with Crippen molar-refractivity contribution in [1.29, 1.82) is 0 Å². The number of aryl methyl sites for hydroxylation is 1. The zero-order chi connectivity index (χ0) is 20.4. The van der Waals surface area contributed by atoms with Crippen LogP contribution < -0.4 is 9.47 Å². The molecule has 8 heteroatoms. The van der Waals surface area contributed by atoms with E-state index >= 15 is 0 Å². The van der Waals surface area contributed by atoms with E-state index < -0.39 is 11.7 Å². The van der Waals surface area contributed by atoms with Crippen LogP contribution in [0, 0.1) is 5.82 Å². The molecule has 4 rings (SSSR count). The van der Waals surface area contributed by atoms with E-state index in [2.05, 4.69) is 0 Å². The lowest BCUT2D eigenvalue weighted by atomic mass is 10.1. The van der Waals surface area contributed by atoms with E-state index in [1.54, 1.807) is 9.80 Å². The normalized spacial score (nSPS) is 15.5. The van der Waals surface area contributed by atoms with Crippen molar-refractivity contribution in [1.82, 2.24) is 9.80 Å². The van der Waals surface area contributed by atoms with Gasteiger partial charge in [0, 0.05) is 37.6 Å². The summed E-state index contributed by atoms with van der Waals surface area (Å²) in [6.45, 7) is 1.79. The third-order valence-corrected chi connectivity index (χ3v) is 5.38. The van der Waals surface area contributed by atoms with Crippen LogP contribution in [0.4, 0.5) is 4.39 Å². The molecule has 2 aliphatic rings. The van der Waals surface area contributed by atoms with E-state index in [9.17, 15) is 14.0 Å². The van der Waals surface area contributed by atoms with Gasteiger partial charge in [-0.3, -0.25) is 9.59 Å². The van der Waals surface area contributed by atoms with Gasteiger partial charge in [-0.1, -0.05) is 17.7 Å². The monoisotopic (exact) mass is 418 g/mol. The Morgan fingerprint density at radius 1 is 0.966 bits per heavy atom. The zero-order valence-corrected chi connectivity index (χ0v) is 16.5. The standard InChI is InChI=1S/C21H20ClFN2O4/c22-15-3-4-17(23)16(12-15)21(27)25-9-7-24(8-10-25)20(26)6-2-14-1-5-18-19(11-14)29-13-28-18/h1,3-5,11-12H,2,6-10,13H2. The van der Waals surface area contributed by atoms with Crippen LogP contribution in [0.15, 0.2) is 36.4 Å². The van der Waals surface area contributed by atoms with E-state index in [-0.39, 0.29) is 18.3 Å². The van der Waals surface area contributed by atoms with Gasteiger partial charge in [0.2, 0.25) is 12.7 Å². The van der Waals surface area contributed by atoms with Gasteiger partial charge in [0.1, 0.15) is 5.82 Å². The smallest absolute Gasteiger partial charge is 0.257 e. The van der Waals surface area contributed by atoms with Crippen LogP contribution in [0.3, 0.4) is 0 Å². The van der Waals surface area contributed by atoms with Crippen LogP contribution in [0.1, 0.15) is 22.3 Å². The third kappa shape index (κ3) is 4.29. The van der Waals surface area contributed by atoms with Gasteiger partial charge in [0.15, 0.2) is 11.5 Å². The SMILES string of the molecule is O=C(CCc1ccc2c(c1)OCO2)N1CCN(C(=O)c2cc(Cl)ccc2F)CC1. The second-order valence-corrected chi connectivity index (χ2v) is 7.42. The molecule has 0 radical (unpaired) electrons. The van der Waals surface area contributed by atoms with Gasteiger partial charge in [-0.2, -0.15) is 0 Å². The molecule has 29 heavy (non-hydrogen) atoms. The Morgan fingerprint density at radius 2 is 1.69 bits per heavy atom. The molecule has 2 amide bonds. The summed E-state index contributed by atoms with van der Waals surface area (Å²) in [6.07, 6.45) is 0.971. The number of rotatable bonds is 4. The van der Waals surface area contributed by atoms with Gasteiger partial charge in [-0.25, -0.2) is 4.39 Å². The minimum atomic E-state index is -0.596. The highest BCUT2D eigenvalue weighted by molar-refractivity contribution is 6.31. The number of hydrogen-bond donors (Lipinski definition) is 0. The molecule has 2 aliphatic heterocycles. The molecule has 0 atom stereocenters. The van der Waals surface area contributed by atoms with Crippen molar-refractivity contribution in [3.8, 4) is 11.5 Å². The molecule has 0 saturated carbocycles. The first kappa shape index (κ1) is 19.5. The number of carbonyl (C=O) groups excluding carboxylic acids is 2. The van der Waals surface area contributed by atoms with E-state index in [1.807, 2.05) is 18.2 Å². The number of benzene rings is 2. The molecule has 0 N–H and O–H groups in total. The van der Waals surface area contributed by atoms with Gasteiger partial charge in [-0.05, 0) is 42.3 Å². The van der Waals surface area contributed by atoms with Crippen molar-refractivity contribution >= 4 is 23.4 Å². The first-order chi connectivity index (χ1) is 14.0. The number of ether oxygens (including phenoxy) is 2. The zero-order valence-electron chi connectivity index (χ0n) is 15.7. The maximum atomic E-state index is 13.9. The highest BCUT2D eigenvalue weighted by atomic mass is 35.5. The quantitative estimate of drug-likeness (QED) is 0.765. The summed E-state index contributed by atoms with van der Waals surface area (Å²) in [7, 11) is 0. The molecule has 0 aliphatic carbocycles. The van der Waals surface area contributed by atoms with Crippen molar-refractivity contribution in [3.05, 3.63) is 58.4 Å². The summed E-state index contributed by atoms with van der Waals surface area (Å²) >= 11 is 5.88. The Morgan fingerprint density at radius 3 is 2.48 bits per heavy atom. The first-order valence-electron chi connectivity index (χ1n) is 9.42. The van der Waals surface area contributed by atoms with Crippen LogP contribution >= 0.6 is 11.6 Å². The van der Waals surface area contributed by atoms with Gasteiger partial charge < -0.3 is 19.3 Å². The predicted molar refractivity (Wildman–Crippen MR) is 105 cm³/mol. The summed E-state index contributed by atoms with van der Waals surface area (Å²) in [5.74, 6) is 0.454. The molecule has 6 nitrogen and oxygen atoms in total. The fourth-order valence-corrected chi connectivity index (χ4v) is 3.67. The number of carbonyl (C=O) groups is 2. The van der Waals surface area contributed by atoms with Crippen LogP contribution in [-0.4, -0.2) is 54.6 Å². The van der Waals surface area contributed by atoms with E-state index in [0.717, 1.165) is 11.3 Å². The van der Waals surface area contributed by atoms with Crippen molar-refractivity contribution in [2.45, 2.75) is 12.8 Å². The number of amides is 2. The van der Waals surface area contributed by atoms with Gasteiger partial charge in [-0.15, -0.1) is 0 Å². The van der Waals surface area contributed by atoms with E-state index in [0.29, 0.717) is 49.8 Å². The predicted octanol–water partition coefficient (Wildman–Crippen LogP) is 3.13. The lowest BCUT2D eigenvalue weighted by molar-refractivity contribution is -0.132. The molecule has 2 heterocycles. The maximum absolute atomic E-state index is 13.9. The maximum Gasteiger partial charge on any atom is 0.257 e. The highest BCUT2D eigenvalue weighted by Gasteiger charge is 2.26. The Kier molecular flexibility index (Phi) is 5.58. The fraction of sp³-hybridized carbons (Fsp3) is 0.333. The molecule has 2 aromatic carbocycles. The van der Waals surface area contributed by atoms with Crippen LogP contribution in [0.5, 0.6) is 11.5 Å². The Hall–Kier alpha value is -2.80. The molecule has 0 spiro atoms. The van der Waals surface area contributed by atoms with Gasteiger partial charge >= 0.3 is 0 Å². The van der Waals surface area contributed by atoms with E-state index in [4.69, 9.17) is 21.1 Å². The summed E-state index contributed by atoms with van der Waals surface area (Å²) in [5, 5.41) is 0.312. The van der Waals surface area contributed by atoms with Gasteiger partial charge in [0.25, 0.3) is 5.91 Å². The molecule has 1 saturated heterocycles. The first-order valence-corrected chi connectivity index (χ1v) is 9.80. The van der Waals surface area contributed by atoms with E-state index in [1.165, 1.54) is 18.2 Å². The van der Waals surface area contributed by atoms with Crippen molar-refractivity contribution in [3.63, 3.8) is 0 Å². The average molecular weight is 419 g/mol. The topological polar surface area (TPSA) is 59.1 Å². The largest absolute Gasteiger partial charge is 0.454 e. The van der Waals surface area contributed by atoms with Crippen LogP contribution in [0.2, 0.25) is 5.02 Å². The van der Waals surface area contributed by atoms with Crippen LogP contribution in [0.25, 0.3) is 0 Å². The summed E-state index contributed by atoms with van der Waals surface area (Å²) in [6, 6.07) is 9.60. The molecule has 152 valence electrons. The molecular weight excluding hydrogens is 399 g/mol. The minimum absolute atomic E-state index is 0.0312. The van der Waals surface area contributed by atoms with Crippen molar-refractivity contribution in [2.24, 2.45) is 0 Å².